The number of rotatable bonds is 5. The molecule has 3 N–H and O–H groups in total. The molecule has 0 spiro atoms. The van der Waals surface area contributed by atoms with Crippen LogP contribution in [0.1, 0.15) is 6.92 Å². The second-order valence-electron chi connectivity index (χ2n) is 7.37. The highest BCUT2D eigenvalue weighted by molar-refractivity contribution is 6.30. The maximum Gasteiger partial charge on any atom is 0.323 e. The van der Waals surface area contributed by atoms with Crippen LogP contribution in [0.3, 0.4) is 0 Å². The van der Waals surface area contributed by atoms with E-state index in [1.54, 1.807) is 73.7 Å². The number of halogens is 1. The Kier molecular flexibility index (Phi) is 6.46. The normalized spacial score (nSPS) is 14.7. The third kappa shape index (κ3) is 5.42. The standard InChI is InChI=1S/C24H21ClN4O4/c1-15-23(31)29(14-22(30)26-17-5-3-2-4-6-17)20-13-19(11-12-21(20)33-15)28-24(32)27-18-9-7-16(25)8-10-18/h2-13,15H,14H2,1H3,(H,26,30)(H2,27,28,32). The van der Waals surface area contributed by atoms with E-state index in [2.05, 4.69) is 16.0 Å². The van der Waals surface area contributed by atoms with Gasteiger partial charge in [-0.05, 0) is 61.5 Å². The van der Waals surface area contributed by atoms with Crippen LogP contribution in [0.25, 0.3) is 0 Å². The van der Waals surface area contributed by atoms with E-state index in [1.165, 1.54) is 4.90 Å². The van der Waals surface area contributed by atoms with Gasteiger partial charge in [0.25, 0.3) is 5.91 Å². The zero-order valence-corrected chi connectivity index (χ0v) is 18.4. The summed E-state index contributed by atoms with van der Waals surface area (Å²) in [6, 6.07) is 20.1. The van der Waals surface area contributed by atoms with Crippen molar-refractivity contribution in [1.29, 1.82) is 0 Å². The molecule has 0 saturated carbocycles. The average molecular weight is 465 g/mol. The zero-order chi connectivity index (χ0) is 23.4. The van der Waals surface area contributed by atoms with Crippen LogP contribution in [-0.2, 0) is 9.59 Å². The predicted molar refractivity (Wildman–Crippen MR) is 128 cm³/mol. The summed E-state index contributed by atoms with van der Waals surface area (Å²) in [4.78, 5) is 39.1. The van der Waals surface area contributed by atoms with Crippen molar-refractivity contribution in [2.24, 2.45) is 0 Å². The van der Waals surface area contributed by atoms with Gasteiger partial charge in [-0.25, -0.2) is 4.79 Å². The van der Waals surface area contributed by atoms with E-state index in [0.29, 0.717) is 33.5 Å². The highest BCUT2D eigenvalue weighted by atomic mass is 35.5. The van der Waals surface area contributed by atoms with Crippen molar-refractivity contribution in [1.82, 2.24) is 0 Å². The highest BCUT2D eigenvalue weighted by Gasteiger charge is 2.33. The van der Waals surface area contributed by atoms with Gasteiger partial charge in [0, 0.05) is 22.1 Å². The predicted octanol–water partition coefficient (Wildman–Crippen LogP) is 4.74. The molecule has 0 bridgehead atoms. The first-order chi connectivity index (χ1) is 15.9. The molecule has 33 heavy (non-hydrogen) atoms. The molecule has 0 aliphatic carbocycles. The van der Waals surface area contributed by atoms with Crippen LogP contribution in [0.5, 0.6) is 5.75 Å². The number of amides is 4. The SMILES string of the molecule is CC1Oc2ccc(NC(=O)Nc3ccc(Cl)cc3)cc2N(CC(=O)Nc2ccccc2)C1=O. The number of urea groups is 1. The molecule has 1 unspecified atom stereocenters. The molecule has 9 heteroatoms. The van der Waals surface area contributed by atoms with Crippen LogP contribution in [0, 0.1) is 0 Å². The number of benzene rings is 3. The van der Waals surface area contributed by atoms with Gasteiger partial charge in [0.2, 0.25) is 5.91 Å². The Morgan fingerprint density at radius 1 is 0.909 bits per heavy atom. The van der Waals surface area contributed by atoms with Crippen molar-refractivity contribution >= 4 is 52.2 Å². The number of nitrogens with one attached hydrogen (secondary N) is 3. The smallest absolute Gasteiger partial charge is 0.323 e. The molecule has 4 amide bonds. The van der Waals surface area contributed by atoms with Gasteiger partial charge >= 0.3 is 6.03 Å². The molecule has 1 aliphatic heterocycles. The first-order valence-electron chi connectivity index (χ1n) is 10.2. The lowest BCUT2D eigenvalue weighted by Crippen LogP contribution is -2.47. The van der Waals surface area contributed by atoms with E-state index in [0.717, 1.165) is 0 Å². The summed E-state index contributed by atoms with van der Waals surface area (Å²) < 4.78 is 5.68. The van der Waals surface area contributed by atoms with E-state index in [4.69, 9.17) is 16.3 Å². The number of nitrogens with zero attached hydrogens (tertiary/aromatic N) is 1. The van der Waals surface area contributed by atoms with Crippen LogP contribution < -0.4 is 25.6 Å². The fraction of sp³-hybridized carbons (Fsp3) is 0.125. The Bertz CT molecular complexity index is 1180. The molecule has 3 aromatic rings. The first kappa shape index (κ1) is 22.2. The molecule has 8 nitrogen and oxygen atoms in total. The van der Waals surface area contributed by atoms with Gasteiger partial charge in [-0.1, -0.05) is 29.8 Å². The number of hydrogen-bond donors (Lipinski definition) is 3. The second-order valence-corrected chi connectivity index (χ2v) is 7.80. The molecule has 1 heterocycles. The van der Waals surface area contributed by atoms with E-state index in [-0.39, 0.29) is 18.4 Å². The van der Waals surface area contributed by atoms with Crippen LogP contribution >= 0.6 is 11.6 Å². The summed E-state index contributed by atoms with van der Waals surface area (Å²) >= 11 is 5.86. The Morgan fingerprint density at radius 2 is 1.55 bits per heavy atom. The van der Waals surface area contributed by atoms with Crippen LogP contribution in [0.15, 0.2) is 72.8 Å². The third-order valence-corrected chi connectivity index (χ3v) is 5.14. The van der Waals surface area contributed by atoms with Gasteiger partial charge in [-0.15, -0.1) is 0 Å². The molecule has 3 aromatic carbocycles. The number of fused-ring (bicyclic) bond motifs is 1. The maximum atomic E-state index is 12.8. The van der Waals surface area contributed by atoms with E-state index in [1.807, 2.05) is 6.07 Å². The molecule has 1 atom stereocenters. The first-order valence-corrected chi connectivity index (χ1v) is 10.6. The fourth-order valence-electron chi connectivity index (χ4n) is 3.34. The Morgan fingerprint density at radius 3 is 2.27 bits per heavy atom. The second kappa shape index (κ2) is 9.62. The molecule has 0 radical (unpaired) electrons. The number of para-hydroxylation sites is 1. The Labute approximate surface area is 195 Å². The minimum atomic E-state index is -0.742. The van der Waals surface area contributed by atoms with Gasteiger partial charge < -0.3 is 20.7 Å². The summed E-state index contributed by atoms with van der Waals surface area (Å²) in [7, 11) is 0. The molecule has 1 aliphatic rings. The van der Waals surface area contributed by atoms with Crippen molar-refractivity contribution in [3.63, 3.8) is 0 Å². The van der Waals surface area contributed by atoms with Crippen molar-refractivity contribution in [2.75, 3.05) is 27.4 Å². The van der Waals surface area contributed by atoms with Gasteiger partial charge in [-0.3, -0.25) is 14.5 Å². The number of carbonyl (C=O) groups is 3. The molecular formula is C24H21ClN4O4. The van der Waals surface area contributed by atoms with Gasteiger partial charge in [-0.2, -0.15) is 0 Å². The quantitative estimate of drug-likeness (QED) is 0.508. The largest absolute Gasteiger partial charge is 0.479 e. The van der Waals surface area contributed by atoms with Crippen molar-refractivity contribution < 1.29 is 19.1 Å². The summed E-state index contributed by atoms with van der Waals surface area (Å²) in [5.41, 5.74) is 2.03. The lowest BCUT2D eigenvalue weighted by atomic mass is 10.1. The van der Waals surface area contributed by atoms with Gasteiger partial charge in [0.15, 0.2) is 6.10 Å². The van der Waals surface area contributed by atoms with Gasteiger partial charge in [0.05, 0.1) is 5.69 Å². The van der Waals surface area contributed by atoms with E-state index >= 15 is 0 Å². The Hall–Kier alpha value is -4.04. The molecule has 4 rings (SSSR count). The number of carbonyl (C=O) groups excluding carboxylic acids is 3. The van der Waals surface area contributed by atoms with Crippen molar-refractivity contribution in [3.8, 4) is 5.75 Å². The minimum absolute atomic E-state index is 0.200. The summed E-state index contributed by atoms with van der Waals surface area (Å²) in [6.07, 6.45) is -0.742. The topological polar surface area (TPSA) is 99.8 Å². The maximum absolute atomic E-state index is 12.8. The van der Waals surface area contributed by atoms with Crippen LogP contribution in [0.2, 0.25) is 5.02 Å². The molecule has 0 fully saturated rings. The molecule has 0 saturated heterocycles. The monoisotopic (exact) mass is 464 g/mol. The average Bonchev–Trinajstić information content (AvgIpc) is 2.79. The number of anilines is 4. The van der Waals surface area contributed by atoms with E-state index < -0.39 is 12.1 Å². The van der Waals surface area contributed by atoms with Crippen LogP contribution in [0.4, 0.5) is 27.5 Å². The lowest BCUT2D eigenvalue weighted by molar-refractivity contribution is -0.127. The molecule has 168 valence electrons. The Balaban J connectivity index is 1.50. The number of hydrogen-bond acceptors (Lipinski definition) is 4. The summed E-state index contributed by atoms with van der Waals surface area (Å²) in [6.45, 7) is 1.42. The lowest BCUT2D eigenvalue weighted by Gasteiger charge is -2.33. The van der Waals surface area contributed by atoms with E-state index in [9.17, 15) is 14.4 Å². The van der Waals surface area contributed by atoms with Crippen molar-refractivity contribution in [2.45, 2.75) is 13.0 Å². The van der Waals surface area contributed by atoms with Gasteiger partial charge in [0.1, 0.15) is 12.3 Å². The third-order valence-electron chi connectivity index (χ3n) is 4.89. The fourth-order valence-corrected chi connectivity index (χ4v) is 3.47. The molecule has 0 aromatic heterocycles. The summed E-state index contributed by atoms with van der Waals surface area (Å²) in [5, 5.41) is 8.75. The molecular weight excluding hydrogens is 444 g/mol. The number of ether oxygens (including phenoxy) is 1. The van der Waals surface area contributed by atoms with Crippen molar-refractivity contribution in [3.05, 3.63) is 77.8 Å². The highest BCUT2D eigenvalue weighted by Crippen LogP contribution is 2.36. The van der Waals surface area contributed by atoms with Crippen LogP contribution in [-0.4, -0.2) is 30.5 Å². The minimum Gasteiger partial charge on any atom is -0.479 e. The summed E-state index contributed by atoms with van der Waals surface area (Å²) in [5.74, 6) is -0.264. The zero-order valence-electron chi connectivity index (χ0n) is 17.7.